The Morgan fingerprint density at radius 3 is 2.56 bits per heavy atom. The molecule has 0 atom stereocenters. The SMILES string of the molecule is Cc1cc(N(CC(=O)O)C(C)(C)C)ccn1. The van der Waals surface area contributed by atoms with Crippen LogP contribution in [0, 0.1) is 6.92 Å². The van der Waals surface area contributed by atoms with Crippen LogP contribution in [0.5, 0.6) is 0 Å². The minimum atomic E-state index is -0.829. The first kappa shape index (κ1) is 12.5. The molecule has 4 heteroatoms. The average Bonchev–Trinajstić information content (AvgIpc) is 2.12. The zero-order chi connectivity index (χ0) is 12.3. The van der Waals surface area contributed by atoms with Gasteiger partial charge in [0, 0.05) is 23.1 Å². The van der Waals surface area contributed by atoms with E-state index >= 15 is 0 Å². The quantitative estimate of drug-likeness (QED) is 0.850. The van der Waals surface area contributed by atoms with Gasteiger partial charge in [-0.3, -0.25) is 9.78 Å². The van der Waals surface area contributed by atoms with E-state index in [4.69, 9.17) is 5.11 Å². The molecule has 0 aliphatic carbocycles. The van der Waals surface area contributed by atoms with Gasteiger partial charge >= 0.3 is 5.97 Å². The number of carboxylic acids is 1. The van der Waals surface area contributed by atoms with Gasteiger partial charge in [-0.1, -0.05) is 0 Å². The first-order valence-corrected chi connectivity index (χ1v) is 5.23. The second-order valence-electron chi connectivity index (χ2n) is 4.81. The fourth-order valence-corrected chi connectivity index (χ4v) is 1.55. The molecule has 1 heterocycles. The Hall–Kier alpha value is -1.58. The van der Waals surface area contributed by atoms with Crippen molar-refractivity contribution >= 4 is 11.7 Å². The monoisotopic (exact) mass is 222 g/mol. The van der Waals surface area contributed by atoms with E-state index < -0.39 is 5.97 Å². The van der Waals surface area contributed by atoms with Crippen molar-refractivity contribution in [1.82, 2.24) is 4.98 Å². The molecular formula is C12H18N2O2. The zero-order valence-corrected chi connectivity index (χ0v) is 10.2. The standard InChI is InChI=1S/C12H18N2O2/c1-9-7-10(5-6-13-9)14(8-11(15)16)12(2,3)4/h5-7H,8H2,1-4H3,(H,15,16). The molecule has 0 aliphatic heterocycles. The van der Waals surface area contributed by atoms with Gasteiger partial charge in [0.05, 0.1) is 0 Å². The van der Waals surface area contributed by atoms with Gasteiger partial charge < -0.3 is 10.0 Å². The summed E-state index contributed by atoms with van der Waals surface area (Å²) in [5.74, 6) is -0.829. The largest absolute Gasteiger partial charge is 0.480 e. The molecule has 0 aliphatic rings. The van der Waals surface area contributed by atoms with Gasteiger partial charge in [0.1, 0.15) is 6.54 Å². The van der Waals surface area contributed by atoms with E-state index in [1.54, 1.807) is 6.20 Å². The number of hydrogen-bond acceptors (Lipinski definition) is 3. The molecule has 0 saturated heterocycles. The van der Waals surface area contributed by atoms with Gasteiger partial charge in [-0.15, -0.1) is 0 Å². The van der Waals surface area contributed by atoms with Crippen LogP contribution in [0.3, 0.4) is 0 Å². The van der Waals surface area contributed by atoms with Gasteiger partial charge in [-0.2, -0.15) is 0 Å². The van der Waals surface area contributed by atoms with Crippen molar-refractivity contribution in [2.24, 2.45) is 0 Å². The van der Waals surface area contributed by atoms with Crippen molar-refractivity contribution in [1.29, 1.82) is 0 Å². The lowest BCUT2D eigenvalue weighted by atomic mass is 10.0. The van der Waals surface area contributed by atoms with Crippen molar-refractivity contribution in [2.45, 2.75) is 33.2 Å². The topological polar surface area (TPSA) is 53.4 Å². The highest BCUT2D eigenvalue weighted by molar-refractivity contribution is 5.74. The van der Waals surface area contributed by atoms with E-state index in [0.717, 1.165) is 11.4 Å². The van der Waals surface area contributed by atoms with Crippen molar-refractivity contribution < 1.29 is 9.90 Å². The van der Waals surface area contributed by atoms with Crippen molar-refractivity contribution in [3.8, 4) is 0 Å². The van der Waals surface area contributed by atoms with E-state index in [9.17, 15) is 4.79 Å². The smallest absolute Gasteiger partial charge is 0.323 e. The van der Waals surface area contributed by atoms with Crippen LogP contribution in [0.1, 0.15) is 26.5 Å². The minimum Gasteiger partial charge on any atom is -0.480 e. The third-order valence-electron chi connectivity index (χ3n) is 2.30. The Morgan fingerprint density at radius 1 is 1.50 bits per heavy atom. The van der Waals surface area contributed by atoms with E-state index in [1.165, 1.54) is 0 Å². The Labute approximate surface area is 95.9 Å². The molecule has 16 heavy (non-hydrogen) atoms. The lowest BCUT2D eigenvalue weighted by Gasteiger charge is -2.36. The highest BCUT2D eigenvalue weighted by atomic mass is 16.4. The van der Waals surface area contributed by atoms with Gasteiger partial charge in [-0.05, 0) is 39.8 Å². The number of carboxylic acid groups (broad SMARTS) is 1. The summed E-state index contributed by atoms with van der Waals surface area (Å²) in [7, 11) is 0. The summed E-state index contributed by atoms with van der Waals surface area (Å²) < 4.78 is 0. The molecule has 4 nitrogen and oxygen atoms in total. The van der Waals surface area contributed by atoms with E-state index in [-0.39, 0.29) is 12.1 Å². The number of carbonyl (C=O) groups is 1. The fraction of sp³-hybridized carbons (Fsp3) is 0.500. The van der Waals surface area contributed by atoms with Crippen molar-refractivity contribution in [3.63, 3.8) is 0 Å². The summed E-state index contributed by atoms with van der Waals surface area (Å²) in [5.41, 5.74) is 1.55. The second kappa shape index (κ2) is 4.51. The molecule has 0 spiro atoms. The van der Waals surface area contributed by atoms with Gasteiger partial charge in [0.25, 0.3) is 0 Å². The van der Waals surface area contributed by atoms with E-state index in [1.807, 2.05) is 44.7 Å². The second-order valence-corrected chi connectivity index (χ2v) is 4.81. The molecule has 0 bridgehead atoms. The molecule has 1 N–H and O–H groups in total. The fourth-order valence-electron chi connectivity index (χ4n) is 1.55. The predicted molar refractivity (Wildman–Crippen MR) is 63.7 cm³/mol. The van der Waals surface area contributed by atoms with Crippen LogP contribution in [0.15, 0.2) is 18.3 Å². The normalized spacial score (nSPS) is 11.2. The maximum atomic E-state index is 10.9. The summed E-state index contributed by atoms with van der Waals surface area (Å²) in [6.45, 7) is 7.86. The van der Waals surface area contributed by atoms with Crippen LogP contribution < -0.4 is 4.90 Å². The number of anilines is 1. The predicted octanol–water partition coefficient (Wildman–Crippen LogP) is 2.08. The van der Waals surface area contributed by atoms with Crippen LogP contribution in [0.2, 0.25) is 0 Å². The van der Waals surface area contributed by atoms with Crippen molar-refractivity contribution in [3.05, 3.63) is 24.0 Å². The van der Waals surface area contributed by atoms with Gasteiger partial charge in [-0.25, -0.2) is 0 Å². The first-order valence-electron chi connectivity index (χ1n) is 5.23. The average molecular weight is 222 g/mol. The summed E-state index contributed by atoms with van der Waals surface area (Å²) in [6, 6.07) is 3.73. The molecule has 0 fully saturated rings. The molecule has 0 aromatic carbocycles. The molecule has 88 valence electrons. The molecule has 0 radical (unpaired) electrons. The summed E-state index contributed by atoms with van der Waals surface area (Å²) in [5, 5.41) is 8.92. The highest BCUT2D eigenvalue weighted by Crippen LogP contribution is 2.23. The van der Waals surface area contributed by atoms with Crippen LogP contribution in [-0.4, -0.2) is 28.1 Å². The number of aliphatic carboxylic acids is 1. The molecular weight excluding hydrogens is 204 g/mol. The summed E-state index contributed by atoms with van der Waals surface area (Å²) >= 11 is 0. The lowest BCUT2D eigenvalue weighted by molar-refractivity contribution is -0.135. The first-order chi connectivity index (χ1) is 7.30. The van der Waals surface area contributed by atoms with E-state index in [0.29, 0.717) is 0 Å². The molecule has 1 rings (SSSR count). The van der Waals surface area contributed by atoms with Crippen molar-refractivity contribution in [2.75, 3.05) is 11.4 Å². The third-order valence-corrected chi connectivity index (χ3v) is 2.30. The Balaban J connectivity index is 3.06. The number of rotatable bonds is 3. The maximum Gasteiger partial charge on any atom is 0.323 e. The van der Waals surface area contributed by atoms with E-state index in [2.05, 4.69) is 4.98 Å². The minimum absolute atomic E-state index is 0.00699. The summed E-state index contributed by atoms with van der Waals surface area (Å²) in [4.78, 5) is 16.8. The number of pyridine rings is 1. The Morgan fingerprint density at radius 2 is 2.12 bits per heavy atom. The molecule has 1 aromatic rings. The Bertz CT molecular complexity index is 383. The van der Waals surface area contributed by atoms with Crippen LogP contribution >= 0.6 is 0 Å². The number of aromatic nitrogens is 1. The molecule has 0 amide bonds. The number of hydrogen-bond donors (Lipinski definition) is 1. The molecule has 1 aromatic heterocycles. The van der Waals surface area contributed by atoms with Crippen LogP contribution in [0.4, 0.5) is 5.69 Å². The van der Waals surface area contributed by atoms with Crippen LogP contribution in [-0.2, 0) is 4.79 Å². The van der Waals surface area contributed by atoms with Gasteiger partial charge in [0.15, 0.2) is 0 Å². The maximum absolute atomic E-state index is 10.9. The molecule has 0 unspecified atom stereocenters. The van der Waals surface area contributed by atoms with Crippen LogP contribution in [0.25, 0.3) is 0 Å². The molecule has 0 saturated carbocycles. The zero-order valence-electron chi connectivity index (χ0n) is 10.2. The summed E-state index contributed by atoms with van der Waals surface area (Å²) in [6.07, 6.45) is 1.70. The van der Waals surface area contributed by atoms with Gasteiger partial charge in [0.2, 0.25) is 0 Å². The number of aryl methyl sites for hydroxylation is 1. The number of nitrogens with zero attached hydrogens (tertiary/aromatic N) is 2. The third kappa shape index (κ3) is 3.22. The lowest BCUT2D eigenvalue weighted by Crippen LogP contribution is -2.44. The Kier molecular flexibility index (Phi) is 3.52. The highest BCUT2D eigenvalue weighted by Gasteiger charge is 2.23.